The van der Waals surface area contributed by atoms with Gasteiger partial charge in [0.2, 0.25) is 5.78 Å². The van der Waals surface area contributed by atoms with E-state index in [1.807, 2.05) is 16.7 Å². The monoisotopic (exact) mass is 507 g/mol. The van der Waals surface area contributed by atoms with Crippen molar-refractivity contribution in [2.24, 2.45) is 0 Å². The molecule has 194 valence electrons. The van der Waals surface area contributed by atoms with Crippen molar-refractivity contribution in [3.63, 3.8) is 0 Å². The fourth-order valence-electron chi connectivity index (χ4n) is 4.97. The number of benzene rings is 2. The van der Waals surface area contributed by atoms with Crippen LogP contribution in [-0.2, 0) is 6.54 Å². The molecule has 0 aliphatic carbocycles. The summed E-state index contributed by atoms with van der Waals surface area (Å²) in [5.74, 6) is -0.874. The zero-order chi connectivity index (χ0) is 26.4. The average molecular weight is 508 g/mol. The highest BCUT2D eigenvalue weighted by atomic mass is 16.5. The number of likely N-dealkylation sites (tertiary alicyclic amines) is 1. The third-order valence-electron chi connectivity index (χ3n) is 6.82. The Balaban J connectivity index is 1.67. The summed E-state index contributed by atoms with van der Waals surface area (Å²) in [4.78, 5) is 30.3. The Labute approximate surface area is 213 Å². The summed E-state index contributed by atoms with van der Waals surface area (Å²) < 4.78 is 13.1. The topological polar surface area (TPSA) is 125 Å². The number of allylic oxidation sites excluding steroid dienone is 1. The fraction of sp³-hybridized carbons (Fsp3) is 0.333. The summed E-state index contributed by atoms with van der Waals surface area (Å²) in [7, 11) is 4.87. The molecule has 1 aromatic heterocycles. The van der Waals surface area contributed by atoms with E-state index in [4.69, 9.17) is 9.47 Å². The molecule has 5 rings (SSSR count). The number of fused-ring (bicyclic) bond motifs is 2. The first-order valence-corrected chi connectivity index (χ1v) is 12.0. The summed E-state index contributed by atoms with van der Waals surface area (Å²) in [5.41, 5.74) is 1.59. The molecule has 0 saturated carbocycles. The number of amides is 1. The van der Waals surface area contributed by atoms with E-state index in [2.05, 4.69) is 4.90 Å². The molecule has 0 bridgehead atoms. The van der Waals surface area contributed by atoms with Gasteiger partial charge in [0.25, 0.3) is 5.91 Å². The minimum Gasteiger partial charge on any atom is -0.508 e. The molecule has 10 heteroatoms. The van der Waals surface area contributed by atoms with Crippen molar-refractivity contribution in [2.75, 3.05) is 40.8 Å². The van der Waals surface area contributed by atoms with Crippen LogP contribution in [0.4, 0.5) is 0 Å². The molecule has 3 heterocycles. The Kier molecular flexibility index (Phi) is 6.30. The highest BCUT2D eigenvalue weighted by molar-refractivity contribution is 6.18. The first kappa shape index (κ1) is 24.7. The molecule has 3 N–H and O–H groups in total. The molecule has 1 unspecified atom stereocenters. The molecule has 1 atom stereocenters. The zero-order valence-corrected chi connectivity index (χ0v) is 20.9. The minimum atomic E-state index is -0.550. The molecule has 1 amide bonds. The first-order valence-electron chi connectivity index (χ1n) is 12.0. The van der Waals surface area contributed by atoms with Gasteiger partial charge in [0.15, 0.2) is 5.76 Å². The number of aliphatic hydroxyl groups is 1. The highest BCUT2D eigenvalue weighted by Gasteiger charge is 2.33. The number of Topliss-reactive ketones (excluding diaryl/α,β-unsaturated/α-hetero) is 1. The Morgan fingerprint density at radius 2 is 2.00 bits per heavy atom. The summed E-state index contributed by atoms with van der Waals surface area (Å²) in [6, 6.07) is 7.83. The number of aromatic hydroxyl groups is 2. The van der Waals surface area contributed by atoms with Gasteiger partial charge in [-0.15, -0.1) is 0 Å². The molecule has 1 fully saturated rings. The van der Waals surface area contributed by atoms with Crippen LogP contribution in [0.25, 0.3) is 17.0 Å². The second-order valence-electron chi connectivity index (χ2n) is 9.52. The number of carbonyl (C=O) groups excluding carboxylic acids is 2. The van der Waals surface area contributed by atoms with Crippen LogP contribution < -0.4 is 9.47 Å². The van der Waals surface area contributed by atoms with Crippen molar-refractivity contribution in [1.82, 2.24) is 14.4 Å². The van der Waals surface area contributed by atoms with E-state index in [1.165, 1.54) is 17.0 Å². The van der Waals surface area contributed by atoms with Crippen LogP contribution in [0.15, 0.2) is 36.1 Å². The maximum Gasteiger partial charge on any atom is 0.270 e. The quantitative estimate of drug-likeness (QED) is 0.435. The number of aliphatic hydroxyl groups excluding tert-OH is 1. The molecular weight excluding hydrogens is 478 g/mol. The highest BCUT2D eigenvalue weighted by Crippen LogP contribution is 2.41. The number of ketones is 1. The predicted octanol–water partition coefficient (Wildman–Crippen LogP) is 2.45. The number of β-amino-alcohol motifs (C(OH)–C–C–N with tert-alkyl or cyclic N) is 1. The van der Waals surface area contributed by atoms with Crippen LogP contribution in [0, 0.1) is 0 Å². The molecule has 3 aromatic rings. The lowest BCUT2D eigenvalue weighted by Gasteiger charge is -2.19. The van der Waals surface area contributed by atoms with Crippen LogP contribution in [0.1, 0.15) is 32.8 Å². The molecule has 0 radical (unpaired) electrons. The SMILES string of the molecule is COc1ccc2c(c1)c(C=C1Oc3cc(O)cc(O)c3C1=O)c(C(=O)N(C)C)n2CCN1CCC(O)C1. The zero-order valence-electron chi connectivity index (χ0n) is 20.9. The van der Waals surface area contributed by atoms with Crippen molar-refractivity contribution in [3.8, 4) is 23.0 Å². The van der Waals surface area contributed by atoms with Crippen molar-refractivity contribution >= 4 is 28.7 Å². The van der Waals surface area contributed by atoms with E-state index in [0.29, 0.717) is 48.4 Å². The standard InChI is InChI=1S/C27H29N3O7/c1-28(2)27(35)25-19(13-23-26(34)24-21(33)10-16(32)11-22(24)37-23)18-12-17(36-3)4-5-20(18)30(25)9-8-29-7-6-15(31)14-29/h4-5,10-13,15,31-33H,6-9,14H2,1-3H3. The van der Waals surface area contributed by atoms with Crippen molar-refractivity contribution < 1.29 is 34.4 Å². The van der Waals surface area contributed by atoms with Gasteiger partial charge in [-0.25, -0.2) is 0 Å². The van der Waals surface area contributed by atoms with Crippen LogP contribution >= 0.6 is 0 Å². The van der Waals surface area contributed by atoms with Crippen LogP contribution in [0.3, 0.4) is 0 Å². The molecule has 1 saturated heterocycles. The summed E-state index contributed by atoms with van der Waals surface area (Å²) in [5, 5.41) is 30.7. The lowest BCUT2D eigenvalue weighted by Crippen LogP contribution is -2.29. The fourth-order valence-corrected chi connectivity index (χ4v) is 4.97. The third kappa shape index (κ3) is 4.38. The molecule has 37 heavy (non-hydrogen) atoms. The third-order valence-corrected chi connectivity index (χ3v) is 6.82. The van der Waals surface area contributed by atoms with E-state index >= 15 is 0 Å². The molecule has 10 nitrogen and oxygen atoms in total. The van der Waals surface area contributed by atoms with Gasteiger partial charge in [0, 0.05) is 68.9 Å². The van der Waals surface area contributed by atoms with Gasteiger partial charge in [-0.1, -0.05) is 0 Å². The van der Waals surface area contributed by atoms with Crippen LogP contribution in [-0.4, -0.2) is 88.3 Å². The Bertz CT molecular complexity index is 1440. The number of phenolic OH excluding ortho intramolecular Hbond substituents is 2. The number of aromatic nitrogens is 1. The first-order chi connectivity index (χ1) is 17.7. The summed E-state index contributed by atoms with van der Waals surface area (Å²) >= 11 is 0. The summed E-state index contributed by atoms with van der Waals surface area (Å²) in [6.07, 6.45) is 1.87. The van der Waals surface area contributed by atoms with E-state index in [-0.39, 0.29) is 40.6 Å². The van der Waals surface area contributed by atoms with E-state index in [9.17, 15) is 24.9 Å². The lowest BCUT2D eigenvalue weighted by atomic mass is 10.1. The molecule has 2 aliphatic rings. The Hall–Kier alpha value is -4.02. The molecule has 0 spiro atoms. The molecule has 2 aromatic carbocycles. The average Bonchev–Trinajstić information content (AvgIpc) is 3.50. The van der Waals surface area contributed by atoms with Gasteiger partial charge < -0.3 is 34.3 Å². The maximum atomic E-state index is 13.5. The minimum absolute atomic E-state index is 0.0431. The van der Waals surface area contributed by atoms with E-state index < -0.39 is 5.78 Å². The number of carbonyl (C=O) groups is 2. The van der Waals surface area contributed by atoms with Gasteiger partial charge in [-0.05, 0) is 30.7 Å². The number of ether oxygens (including phenoxy) is 2. The largest absolute Gasteiger partial charge is 0.508 e. The Morgan fingerprint density at radius 3 is 2.68 bits per heavy atom. The van der Waals surface area contributed by atoms with E-state index in [0.717, 1.165) is 18.1 Å². The maximum absolute atomic E-state index is 13.5. The number of methoxy groups -OCH3 is 1. The number of hydrogen-bond acceptors (Lipinski definition) is 8. The second kappa shape index (κ2) is 9.45. The number of nitrogens with zero attached hydrogens (tertiary/aromatic N) is 3. The predicted molar refractivity (Wildman–Crippen MR) is 136 cm³/mol. The van der Waals surface area contributed by atoms with Crippen LogP contribution in [0.5, 0.6) is 23.0 Å². The molecule has 2 aliphatic heterocycles. The van der Waals surface area contributed by atoms with Gasteiger partial charge in [-0.3, -0.25) is 14.5 Å². The van der Waals surface area contributed by atoms with Gasteiger partial charge in [-0.2, -0.15) is 0 Å². The van der Waals surface area contributed by atoms with Crippen molar-refractivity contribution in [1.29, 1.82) is 0 Å². The van der Waals surface area contributed by atoms with Crippen molar-refractivity contribution in [2.45, 2.75) is 19.1 Å². The normalized spacial score (nSPS) is 18.4. The lowest BCUT2D eigenvalue weighted by molar-refractivity contribution is 0.0816. The van der Waals surface area contributed by atoms with Crippen molar-refractivity contribution in [3.05, 3.63) is 52.9 Å². The second-order valence-corrected chi connectivity index (χ2v) is 9.52. The number of phenols is 2. The van der Waals surface area contributed by atoms with Gasteiger partial charge in [0.05, 0.1) is 13.2 Å². The van der Waals surface area contributed by atoms with Crippen LogP contribution in [0.2, 0.25) is 0 Å². The van der Waals surface area contributed by atoms with E-state index in [1.54, 1.807) is 27.3 Å². The van der Waals surface area contributed by atoms with Gasteiger partial charge in [0.1, 0.15) is 34.3 Å². The van der Waals surface area contributed by atoms with Gasteiger partial charge >= 0.3 is 0 Å². The smallest absolute Gasteiger partial charge is 0.270 e. The Morgan fingerprint density at radius 1 is 1.22 bits per heavy atom. The number of hydrogen-bond donors (Lipinski definition) is 3. The summed E-state index contributed by atoms with van der Waals surface area (Å²) in [6.45, 7) is 2.47. The molecular formula is C27H29N3O7. The number of rotatable bonds is 6.